The van der Waals surface area contributed by atoms with Gasteiger partial charge < -0.3 is 0 Å². The summed E-state index contributed by atoms with van der Waals surface area (Å²) in [6.45, 7) is 0. The first kappa shape index (κ1) is 17.3. The van der Waals surface area contributed by atoms with Gasteiger partial charge in [0.05, 0.1) is 11.1 Å². The molecule has 0 N–H and O–H groups in total. The number of rotatable bonds is 1. The van der Waals surface area contributed by atoms with Crippen LogP contribution >= 0.6 is 0 Å². The zero-order valence-corrected chi connectivity index (χ0v) is 13.0. The molecule has 2 unspecified atom stereocenters. The Morgan fingerprint density at radius 3 is 2.04 bits per heavy atom. The Bertz CT molecular complexity index is 626. The number of nitrogens with zero attached hydrogens (tertiary/aromatic N) is 1. The first-order valence-corrected chi connectivity index (χ1v) is 7.79. The zero-order chi connectivity index (χ0) is 17.7. The Kier molecular flexibility index (Phi) is 4.18. The molecule has 2 atom stereocenters. The third-order valence-corrected chi connectivity index (χ3v) is 4.98. The molecule has 1 aromatic carbocycles. The molecule has 2 aliphatic heterocycles. The lowest BCUT2D eigenvalue weighted by Crippen LogP contribution is -2.45. The molecule has 0 spiro atoms. The molecule has 3 rings (SSSR count). The number of benzene rings is 1. The molecular weight excluding hydrogens is 332 g/mol. The highest BCUT2D eigenvalue weighted by Gasteiger charge is 2.43. The first-order chi connectivity index (χ1) is 11.1. The number of halogens is 6. The van der Waals surface area contributed by atoms with Crippen LogP contribution in [0.3, 0.4) is 0 Å². The Labute approximate surface area is 135 Å². The van der Waals surface area contributed by atoms with E-state index < -0.39 is 29.0 Å². The predicted octanol–water partition coefficient (Wildman–Crippen LogP) is 5.36. The van der Waals surface area contributed by atoms with Crippen molar-refractivity contribution >= 4 is 5.57 Å². The van der Waals surface area contributed by atoms with E-state index in [2.05, 4.69) is 4.90 Å². The fraction of sp³-hybridized carbons (Fsp3) is 0.529. The van der Waals surface area contributed by atoms with Gasteiger partial charge >= 0.3 is 12.4 Å². The van der Waals surface area contributed by atoms with Gasteiger partial charge in [0.2, 0.25) is 0 Å². The molecule has 24 heavy (non-hydrogen) atoms. The maximum Gasteiger partial charge on any atom is 0.417 e. The van der Waals surface area contributed by atoms with Crippen LogP contribution in [-0.2, 0) is 12.4 Å². The van der Waals surface area contributed by atoms with E-state index in [1.54, 1.807) is 6.08 Å². The van der Waals surface area contributed by atoms with Gasteiger partial charge in [0.15, 0.2) is 0 Å². The summed E-state index contributed by atoms with van der Waals surface area (Å²) in [6, 6.07) is 2.19. The van der Waals surface area contributed by atoms with Crippen LogP contribution in [0.4, 0.5) is 26.3 Å². The number of alkyl halides is 6. The van der Waals surface area contributed by atoms with Crippen molar-refractivity contribution in [1.82, 2.24) is 4.90 Å². The SMILES string of the molecule is CN1C2C=C(c3c(C(F)(F)F)cccc3C(F)(F)F)CC1CCC2. The lowest BCUT2D eigenvalue weighted by atomic mass is 9.80. The van der Waals surface area contributed by atoms with Gasteiger partial charge in [-0.05, 0) is 44.0 Å². The van der Waals surface area contributed by atoms with Crippen LogP contribution in [-0.4, -0.2) is 24.0 Å². The molecule has 1 aromatic rings. The van der Waals surface area contributed by atoms with Crippen molar-refractivity contribution in [1.29, 1.82) is 0 Å². The van der Waals surface area contributed by atoms with Crippen LogP contribution in [0.1, 0.15) is 42.4 Å². The van der Waals surface area contributed by atoms with Crippen LogP contribution in [0.15, 0.2) is 24.3 Å². The van der Waals surface area contributed by atoms with Gasteiger partial charge in [0.25, 0.3) is 0 Å². The highest BCUT2D eigenvalue weighted by molar-refractivity contribution is 5.74. The van der Waals surface area contributed by atoms with E-state index in [9.17, 15) is 26.3 Å². The van der Waals surface area contributed by atoms with Gasteiger partial charge in [0.1, 0.15) is 0 Å². The van der Waals surface area contributed by atoms with Crippen molar-refractivity contribution in [2.75, 3.05) is 7.05 Å². The molecule has 1 saturated heterocycles. The summed E-state index contributed by atoms with van der Waals surface area (Å²) in [4.78, 5) is 2.05. The number of hydrogen-bond donors (Lipinski definition) is 0. The molecular formula is C17H17F6N. The second kappa shape index (κ2) is 5.79. The molecule has 0 aliphatic carbocycles. The van der Waals surface area contributed by atoms with E-state index in [1.807, 2.05) is 7.05 Å². The van der Waals surface area contributed by atoms with Crippen LogP contribution in [0.5, 0.6) is 0 Å². The third kappa shape index (κ3) is 3.06. The van der Waals surface area contributed by atoms with Crippen molar-refractivity contribution in [3.63, 3.8) is 0 Å². The summed E-state index contributed by atoms with van der Waals surface area (Å²) < 4.78 is 80.0. The highest BCUT2D eigenvalue weighted by atomic mass is 19.4. The van der Waals surface area contributed by atoms with Gasteiger partial charge in [-0.15, -0.1) is 0 Å². The molecule has 1 nitrogen and oxygen atoms in total. The van der Waals surface area contributed by atoms with Crippen molar-refractivity contribution in [2.45, 2.75) is 50.1 Å². The number of likely N-dealkylation sites (N-methyl/N-ethyl adjacent to an activating group) is 1. The lowest BCUT2D eigenvalue weighted by Gasteiger charge is -2.43. The topological polar surface area (TPSA) is 3.24 Å². The summed E-state index contributed by atoms with van der Waals surface area (Å²) in [6.07, 6.45) is -5.35. The van der Waals surface area contributed by atoms with Crippen molar-refractivity contribution in [3.8, 4) is 0 Å². The second-order valence-electron chi connectivity index (χ2n) is 6.44. The Morgan fingerprint density at radius 1 is 0.958 bits per heavy atom. The molecule has 0 radical (unpaired) electrons. The average molecular weight is 349 g/mol. The van der Waals surface area contributed by atoms with Gasteiger partial charge in [-0.25, -0.2) is 0 Å². The Morgan fingerprint density at radius 2 is 1.54 bits per heavy atom. The van der Waals surface area contributed by atoms with Crippen LogP contribution < -0.4 is 0 Å². The minimum atomic E-state index is -4.82. The van der Waals surface area contributed by atoms with Gasteiger partial charge in [-0.2, -0.15) is 26.3 Å². The van der Waals surface area contributed by atoms with Gasteiger partial charge in [-0.3, -0.25) is 4.90 Å². The van der Waals surface area contributed by atoms with E-state index in [0.29, 0.717) is 0 Å². The Balaban J connectivity index is 2.19. The molecule has 0 amide bonds. The van der Waals surface area contributed by atoms with E-state index in [0.717, 1.165) is 37.5 Å². The monoisotopic (exact) mass is 349 g/mol. The van der Waals surface area contributed by atoms with Crippen LogP contribution in [0.25, 0.3) is 5.57 Å². The maximum atomic E-state index is 13.3. The smallest absolute Gasteiger partial charge is 0.297 e. The summed E-state index contributed by atoms with van der Waals surface area (Å²) in [5.41, 5.74) is -2.93. The van der Waals surface area contributed by atoms with E-state index in [1.165, 1.54) is 0 Å². The van der Waals surface area contributed by atoms with Gasteiger partial charge in [-0.1, -0.05) is 18.6 Å². The zero-order valence-electron chi connectivity index (χ0n) is 13.0. The molecule has 2 bridgehead atoms. The predicted molar refractivity (Wildman–Crippen MR) is 78.2 cm³/mol. The minimum Gasteiger partial charge on any atom is -0.297 e. The number of hydrogen-bond acceptors (Lipinski definition) is 1. The quantitative estimate of drug-likeness (QED) is 0.617. The fourth-order valence-corrected chi connectivity index (χ4v) is 3.80. The second-order valence-corrected chi connectivity index (χ2v) is 6.44. The van der Waals surface area contributed by atoms with Gasteiger partial charge in [0, 0.05) is 17.6 Å². The molecule has 0 saturated carbocycles. The van der Waals surface area contributed by atoms with E-state index in [-0.39, 0.29) is 24.1 Å². The maximum absolute atomic E-state index is 13.3. The Hall–Kier alpha value is -1.50. The minimum absolute atomic E-state index is 0.00822. The van der Waals surface area contributed by atoms with Crippen LogP contribution in [0, 0.1) is 0 Å². The molecule has 7 heteroatoms. The standard InChI is InChI=1S/C17H17F6N/c1-24-11-4-2-5-12(24)9-10(8-11)15-13(16(18,19)20)6-3-7-14(15)17(21,22)23/h3,6-8,11-12H,2,4-5,9H2,1H3. The fourth-order valence-electron chi connectivity index (χ4n) is 3.80. The first-order valence-electron chi connectivity index (χ1n) is 7.79. The van der Waals surface area contributed by atoms with Crippen molar-refractivity contribution < 1.29 is 26.3 Å². The summed E-state index contributed by atoms with van der Waals surface area (Å²) >= 11 is 0. The summed E-state index contributed by atoms with van der Waals surface area (Å²) in [7, 11) is 1.88. The average Bonchev–Trinajstić information content (AvgIpc) is 2.44. The summed E-state index contributed by atoms with van der Waals surface area (Å²) in [5.74, 6) is 0. The van der Waals surface area contributed by atoms with Crippen molar-refractivity contribution in [3.05, 3.63) is 41.0 Å². The van der Waals surface area contributed by atoms with E-state index in [4.69, 9.17) is 0 Å². The third-order valence-electron chi connectivity index (χ3n) is 4.98. The molecule has 2 aliphatic rings. The molecule has 0 aromatic heterocycles. The van der Waals surface area contributed by atoms with Crippen LogP contribution in [0.2, 0.25) is 0 Å². The molecule has 2 heterocycles. The number of piperidine rings is 1. The molecule has 132 valence electrons. The highest BCUT2D eigenvalue weighted by Crippen LogP contribution is 2.46. The lowest BCUT2D eigenvalue weighted by molar-refractivity contribution is -0.143. The summed E-state index contributed by atoms with van der Waals surface area (Å²) in [5, 5.41) is 0. The van der Waals surface area contributed by atoms with E-state index >= 15 is 0 Å². The normalized spacial score (nSPS) is 25.5. The largest absolute Gasteiger partial charge is 0.417 e. The number of fused-ring (bicyclic) bond motifs is 2. The van der Waals surface area contributed by atoms with Crippen molar-refractivity contribution in [2.24, 2.45) is 0 Å². The molecule has 1 fully saturated rings.